The summed E-state index contributed by atoms with van der Waals surface area (Å²) in [7, 11) is 0. The second kappa shape index (κ2) is 5.27. The van der Waals surface area contributed by atoms with Crippen LogP contribution in [0.3, 0.4) is 0 Å². The van der Waals surface area contributed by atoms with Crippen LogP contribution in [0.15, 0.2) is 36.4 Å². The van der Waals surface area contributed by atoms with Crippen molar-refractivity contribution in [2.75, 3.05) is 0 Å². The van der Waals surface area contributed by atoms with Crippen LogP contribution in [-0.2, 0) is 6.42 Å². The van der Waals surface area contributed by atoms with Crippen LogP contribution in [0.25, 0.3) is 10.9 Å². The van der Waals surface area contributed by atoms with Crippen LogP contribution in [0, 0.1) is 5.92 Å². The summed E-state index contributed by atoms with van der Waals surface area (Å²) in [6, 6.07) is 12.7. The summed E-state index contributed by atoms with van der Waals surface area (Å²) in [5.74, 6) is 0.718. The lowest BCUT2D eigenvalue weighted by Gasteiger charge is -2.25. The van der Waals surface area contributed by atoms with Gasteiger partial charge in [-0.3, -0.25) is 4.98 Å². The molecule has 3 rings (SSSR count). The molecule has 2 atom stereocenters. The van der Waals surface area contributed by atoms with Gasteiger partial charge in [0.25, 0.3) is 0 Å². The van der Waals surface area contributed by atoms with E-state index in [2.05, 4.69) is 36.4 Å². The van der Waals surface area contributed by atoms with Gasteiger partial charge in [-0.15, -0.1) is 11.6 Å². The number of benzene rings is 1. The lowest BCUT2D eigenvalue weighted by atomic mass is 9.85. The summed E-state index contributed by atoms with van der Waals surface area (Å²) in [5.41, 5.74) is 2.32. The van der Waals surface area contributed by atoms with E-state index < -0.39 is 0 Å². The predicted molar refractivity (Wildman–Crippen MR) is 77.0 cm³/mol. The smallest absolute Gasteiger partial charge is 0.0705 e. The zero-order chi connectivity index (χ0) is 12.4. The van der Waals surface area contributed by atoms with Crippen LogP contribution >= 0.6 is 11.6 Å². The molecular weight excluding hydrogens is 242 g/mol. The molecule has 1 heterocycles. The Morgan fingerprint density at radius 2 is 2.00 bits per heavy atom. The molecule has 0 spiro atoms. The number of aromatic nitrogens is 1. The van der Waals surface area contributed by atoms with Gasteiger partial charge in [-0.05, 0) is 43.7 Å². The number of rotatable bonds is 2. The minimum Gasteiger partial charge on any atom is -0.253 e. The highest BCUT2D eigenvalue weighted by Gasteiger charge is 2.20. The fraction of sp³-hybridized carbons (Fsp3) is 0.438. The van der Waals surface area contributed by atoms with Gasteiger partial charge in [-0.25, -0.2) is 0 Å². The van der Waals surface area contributed by atoms with Crippen molar-refractivity contribution >= 4 is 22.5 Å². The Kier molecular flexibility index (Phi) is 3.51. The van der Waals surface area contributed by atoms with E-state index in [0.29, 0.717) is 5.38 Å². The van der Waals surface area contributed by atoms with E-state index in [1.54, 1.807) is 0 Å². The van der Waals surface area contributed by atoms with Crippen LogP contribution in [0.1, 0.15) is 31.4 Å². The highest BCUT2D eigenvalue weighted by Crippen LogP contribution is 2.30. The first-order valence-corrected chi connectivity index (χ1v) is 7.23. The maximum absolute atomic E-state index is 6.25. The highest BCUT2D eigenvalue weighted by molar-refractivity contribution is 6.20. The van der Waals surface area contributed by atoms with Gasteiger partial charge in [0, 0.05) is 16.5 Å². The van der Waals surface area contributed by atoms with E-state index in [4.69, 9.17) is 16.6 Å². The number of pyridine rings is 1. The van der Waals surface area contributed by atoms with Crippen LogP contribution in [0.4, 0.5) is 0 Å². The van der Waals surface area contributed by atoms with E-state index in [9.17, 15) is 0 Å². The normalized spacial score (nSPS) is 24.3. The van der Waals surface area contributed by atoms with Crippen molar-refractivity contribution in [1.29, 1.82) is 0 Å². The maximum Gasteiger partial charge on any atom is 0.0705 e. The van der Waals surface area contributed by atoms with Crippen LogP contribution < -0.4 is 0 Å². The highest BCUT2D eigenvalue weighted by atomic mass is 35.5. The first-order valence-electron chi connectivity index (χ1n) is 6.80. The molecule has 1 aromatic carbocycles. The Hall–Kier alpha value is -1.08. The molecule has 1 aromatic heterocycles. The Morgan fingerprint density at radius 3 is 2.89 bits per heavy atom. The lowest BCUT2D eigenvalue weighted by Crippen LogP contribution is -2.17. The van der Waals surface area contributed by atoms with E-state index >= 15 is 0 Å². The van der Waals surface area contributed by atoms with E-state index in [1.807, 2.05) is 0 Å². The Morgan fingerprint density at radius 1 is 1.11 bits per heavy atom. The molecule has 2 unspecified atom stereocenters. The third-order valence-electron chi connectivity index (χ3n) is 3.87. The molecule has 0 amide bonds. The van der Waals surface area contributed by atoms with Crippen molar-refractivity contribution in [1.82, 2.24) is 4.98 Å². The van der Waals surface area contributed by atoms with Crippen molar-refractivity contribution in [2.45, 2.75) is 37.5 Å². The number of fused-ring (bicyclic) bond motifs is 1. The fourth-order valence-corrected chi connectivity index (χ4v) is 3.33. The molecule has 2 heteroatoms. The molecule has 0 bridgehead atoms. The first kappa shape index (κ1) is 12.0. The summed E-state index contributed by atoms with van der Waals surface area (Å²) in [6.07, 6.45) is 5.98. The standard InChI is InChI=1S/C16H18ClN/c17-14-6-3-4-12(10-14)11-15-9-8-13-5-1-2-7-16(13)18-15/h1-2,5,7-9,12,14H,3-4,6,10-11H2. The lowest BCUT2D eigenvalue weighted by molar-refractivity contribution is 0.359. The number of nitrogens with zero attached hydrogens (tertiary/aromatic N) is 1. The zero-order valence-corrected chi connectivity index (χ0v) is 11.2. The average molecular weight is 260 g/mol. The van der Waals surface area contributed by atoms with Gasteiger partial charge in [0.15, 0.2) is 0 Å². The number of hydrogen-bond acceptors (Lipinski definition) is 1. The summed E-state index contributed by atoms with van der Waals surface area (Å²) in [5, 5.41) is 1.60. The Bertz CT molecular complexity index is 537. The minimum atomic E-state index is 0.379. The fourth-order valence-electron chi connectivity index (χ4n) is 2.93. The molecule has 0 N–H and O–H groups in total. The SMILES string of the molecule is ClC1CCCC(Cc2ccc3ccccc3n2)C1. The molecular formula is C16H18ClN. The van der Waals surface area contributed by atoms with E-state index in [1.165, 1.54) is 30.3 Å². The Labute approximate surface area is 113 Å². The van der Waals surface area contributed by atoms with E-state index in [-0.39, 0.29) is 0 Å². The van der Waals surface area contributed by atoms with Gasteiger partial charge < -0.3 is 0 Å². The third kappa shape index (κ3) is 2.67. The van der Waals surface area contributed by atoms with Gasteiger partial charge in [-0.2, -0.15) is 0 Å². The van der Waals surface area contributed by atoms with Crippen molar-refractivity contribution < 1.29 is 0 Å². The monoisotopic (exact) mass is 259 g/mol. The summed E-state index contributed by atoms with van der Waals surface area (Å²) in [6.45, 7) is 0. The first-order chi connectivity index (χ1) is 8.81. The minimum absolute atomic E-state index is 0.379. The molecule has 0 saturated heterocycles. The number of alkyl halides is 1. The molecule has 0 aliphatic heterocycles. The van der Waals surface area contributed by atoms with Crippen LogP contribution in [-0.4, -0.2) is 10.4 Å². The topological polar surface area (TPSA) is 12.9 Å². The van der Waals surface area contributed by atoms with Gasteiger partial charge >= 0.3 is 0 Å². The largest absolute Gasteiger partial charge is 0.253 e. The summed E-state index contributed by atoms with van der Waals surface area (Å²) in [4.78, 5) is 4.75. The Balaban J connectivity index is 1.78. The molecule has 1 nitrogen and oxygen atoms in total. The quantitative estimate of drug-likeness (QED) is 0.720. The molecule has 2 aromatic rings. The van der Waals surface area contributed by atoms with Crippen LogP contribution in [0.5, 0.6) is 0 Å². The van der Waals surface area contributed by atoms with Crippen LogP contribution in [0.2, 0.25) is 0 Å². The van der Waals surface area contributed by atoms with Crippen molar-refractivity contribution in [3.05, 3.63) is 42.1 Å². The average Bonchev–Trinajstić information content (AvgIpc) is 2.39. The number of halogens is 1. The van der Waals surface area contributed by atoms with Crippen molar-refractivity contribution in [3.63, 3.8) is 0 Å². The van der Waals surface area contributed by atoms with Crippen molar-refractivity contribution in [3.8, 4) is 0 Å². The molecule has 1 saturated carbocycles. The summed E-state index contributed by atoms with van der Waals surface area (Å²) >= 11 is 6.25. The van der Waals surface area contributed by atoms with Gasteiger partial charge in [0.2, 0.25) is 0 Å². The van der Waals surface area contributed by atoms with Gasteiger partial charge in [0.05, 0.1) is 5.52 Å². The van der Waals surface area contributed by atoms with E-state index in [0.717, 1.165) is 24.3 Å². The number of hydrogen-bond donors (Lipinski definition) is 0. The summed E-state index contributed by atoms with van der Waals surface area (Å²) < 4.78 is 0. The molecule has 18 heavy (non-hydrogen) atoms. The molecule has 1 fully saturated rings. The molecule has 0 radical (unpaired) electrons. The second-order valence-electron chi connectivity index (χ2n) is 5.33. The number of para-hydroxylation sites is 1. The second-order valence-corrected chi connectivity index (χ2v) is 5.95. The third-order valence-corrected chi connectivity index (χ3v) is 4.27. The molecule has 1 aliphatic carbocycles. The van der Waals surface area contributed by atoms with Gasteiger partial charge in [0.1, 0.15) is 0 Å². The molecule has 1 aliphatic rings. The van der Waals surface area contributed by atoms with Crippen molar-refractivity contribution in [2.24, 2.45) is 5.92 Å². The maximum atomic E-state index is 6.25. The van der Waals surface area contributed by atoms with Gasteiger partial charge in [-0.1, -0.05) is 30.7 Å². The zero-order valence-electron chi connectivity index (χ0n) is 10.5. The molecule has 94 valence electrons. The predicted octanol–water partition coefficient (Wildman–Crippen LogP) is 4.57.